The topological polar surface area (TPSA) is 74.3 Å². The predicted octanol–water partition coefficient (Wildman–Crippen LogP) is 4.15. The number of guanidine groups is 1. The zero-order chi connectivity index (χ0) is 16.0. The minimum atomic E-state index is -0.141. The van der Waals surface area contributed by atoms with Gasteiger partial charge in [0.15, 0.2) is 0 Å². The minimum absolute atomic E-state index is 0.141. The van der Waals surface area contributed by atoms with Gasteiger partial charge in [0, 0.05) is 17.5 Å². The van der Waals surface area contributed by atoms with Crippen molar-refractivity contribution >= 4 is 23.9 Å². The molecule has 0 amide bonds. The molecule has 1 aromatic rings. The summed E-state index contributed by atoms with van der Waals surface area (Å²) >= 11 is 1.93. The summed E-state index contributed by atoms with van der Waals surface area (Å²) in [5.74, 6) is 1.06. The second-order valence-corrected chi connectivity index (χ2v) is 6.47. The van der Waals surface area contributed by atoms with Gasteiger partial charge in [-0.25, -0.2) is 5.43 Å². The lowest BCUT2D eigenvalue weighted by atomic mass is 10.1. The van der Waals surface area contributed by atoms with Crippen LogP contribution < -0.4 is 11.2 Å². The van der Waals surface area contributed by atoms with Gasteiger partial charge in [0.2, 0.25) is 5.96 Å². The van der Waals surface area contributed by atoms with Crippen molar-refractivity contribution in [3.63, 3.8) is 0 Å². The highest BCUT2D eigenvalue weighted by Crippen LogP contribution is 2.20. The van der Waals surface area contributed by atoms with E-state index in [1.54, 1.807) is 6.21 Å². The van der Waals surface area contributed by atoms with E-state index in [2.05, 4.69) is 41.7 Å². The predicted molar refractivity (Wildman–Crippen MR) is 97.8 cm³/mol. The molecule has 0 saturated heterocycles. The lowest BCUT2D eigenvalue weighted by molar-refractivity contribution is 0.627. The molecule has 122 valence electrons. The fourth-order valence-corrected chi connectivity index (χ4v) is 2.97. The van der Waals surface area contributed by atoms with Crippen LogP contribution in [0.5, 0.6) is 0 Å². The molecule has 0 atom stereocenters. The fourth-order valence-electron chi connectivity index (χ4n) is 2.06. The number of benzene rings is 1. The number of nitrogens with zero attached hydrogens (tertiary/aromatic N) is 1. The molecule has 22 heavy (non-hydrogen) atoms. The Morgan fingerprint density at radius 2 is 1.86 bits per heavy atom. The Morgan fingerprint density at radius 1 is 1.18 bits per heavy atom. The summed E-state index contributed by atoms with van der Waals surface area (Å²) in [5.41, 5.74) is 8.75. The second kappa shape index (κ2) is 12.1. The maximum atomic E-state index is 6.98. The van der Waals surface area contributed by atoms with Crippen molar-refractivity contribution in [3.05, 3.63) is 29.8 Å². The van der Waals surface area contributed by atoms with Crippen LogP contribution >= 0.6 is 11.8 Å². The van der Waals surface area contributed by atoms with Crippen LogP contribution in [0.3, 0.4) is 0 Å². The van der Waals surface area contributed by atoms with E-state index >= 15 is 0 Å². The molecule has 0 aromatic heterocycles. The van der Waals surface area contributed by atoms with Gasteiger partial charge >= 0.3 is 0 Å². The quantitative estimate of drug-likeness (QED) is 0.188. The summed E-state index contributed by atoms with van der Waals surface area (Å²) in [4.78, 5) is 1.33. The number of unbranched alkanes of at least 4 members (excludes halogenated alkanes) is 5. The van der Waals surface area contributed by atoms with Gasteiger partial charge in [0.25, 0.3) is 0 Å². The summed E-state index contributed by atoms with van der Waals surface area (Å²) in [7, 11) is 0. The van der Waals surface area contributed by atoms with Crippen LogP contribution in [0.4, 0.5) is 0 Å². The fraction of sp³-hybridized carbons (Fsp3) is 0.529. The number of hydrogen-bond acceptors (Lipinski definition) is 3. The van der Waals surface area contributed by atoms with E-state index in [0.29, 0.717) is 0 Å². The first-order valence-corrected chi connectivity index (χ1v) is 9.04. The van der Waals surface area contributed by atoms with Crippen LogP contribution in [0.2, 0.25) is 0 Å². The molecule has 0 saturated carbocycles. The van der Waals surface area contributed by atoms with Crippen molar-refractivity contribution < 1.29 is 0 Å². The van der Waals surface area contributed by atoms with Crippen LogP contribution in [0, 0.1) is 5.41 Å². The minimum Gasteiger partial charge on any atom is -0.369 e. The summed E-state index contributed by atoms with van der Waals surface area (Å²) in [6.45, 7) is 2.26. The Hall–Kier alpha value is -1.49. The van der Waals surface area contributed by atoms with Gasteiger partial charge in [-0.05, 0) is 29.9 Å². The Labute approximate surface area is 138 Å². The van der Waals surface area contributed by atoms with E-state index in [1.165, 1.54) is 54.7 Å². The van der Waals surface area contributed by atoms with E-state index < -0.39 is 0 Å². The number of thioether (sulfide) groups is 1. The van der Waals surface area contributed by atoms with Crippen LogP contribution in [0.1, 0.15) is 51.0 Å². The molecule has 1 aromatic carbocycles. The SMILES string of the molecule is CCCCCCCCSc1ccc(CC=NNC(=N)N)cc1. The lowest BCUT2D eigenvalue weighted by Crippen LogP contribution is -2.25. The Morgan fingerprint density at radius 3 is 2.55 bits per heavy atom. The summed E-state index contributed by atoms with van der Waals surface area (Å²) in [6, 6.07) is 8.60. The molecule has 0 spiro atoms. The molecule has 0 heterocycles. The van der Waals surface area contributed by atoms with E-state index in [1.807, 2.05) is 11.8 Å². The van der Waals surface area contributed by atoms with Gasteiger partial charge in [0.1, 0.15) is 0 Å². The molecule has 5 heteroatoms. The van der Waals surface area contributed by atoms with Crippen molar-refractivity contribution in [1.82, 2.24) is 5.43 Å². The Bertz CT molecular complexity index is 442. The number of hydrogen-bond donors (Lipinski definition) is 3. The summed E-state index contributed by atoms with van der Waals surface area (Å²) in [6.07, 6.45) is 10.6. The van der Waals surface area contributed by atoms with Gasteiger partial charge < -0.3 is 5.73 Å². The van der Waals surface area contributed by atoms with Gasteiger partial charge in [0.05, 0.1) is 0 Å². The Kier molecular flexibility index (Phi) is 10.2. The molecule has 0 unspecified atom stereocenters. The van der Waals surface area contributed by atoms with Gasteiger partial charge in [-0.1, -0.05) is 51.2 Å². The highest BCUT2D eigenvalue weighted by Gasteiger charge is 1.96. The maximum Gasteiger partial charge on any atom is 0.206 e. The molecule has 0 aliphatic rings. The molecular formula is C17H28N4S. The van der Waals surface area contributed by atoms with Gasteiger partial charge in [-0.3, -0.25) is 5.41 Å². The lowest BCUT2D eigenvalue weighted by Gasteiger charge is -2.03. The molecule has 0 fully saturated rings. The van der Waals surface area contributed by atoms with Crippen molar-refractivity contribution in [2.24, 2.45) is 10.8 Å². The molecule has 0 radical (unpaired) electrons. The Balaban J connectivity index is 2.16. The molecule has 1 rings (SSSR count). The van der Waals surface area contributed by atoms with Gasteiger partial charge in [-0.2, -0.15) is 5.10 Å². The third-order valence-corrected chi connectivity index (χ3v) is 4.39. The molecule has 4 nitrogen and oxygen atoms in total. The van der Waals surface area contributed by atoms with E-state index in [9.17, 15) is 0 Å². The smallest absolute Gasteiger partial charge is 0.206 e. The zero-order valence-corrected chi connectivity index (χ0v) is 14.3. The van der Waals surface area contributed by atoms with Crippen LogP contribution in [-0.2, 0) is 6.42 Å². The van der Waals surface area contributed by atoms with Crippen LogP contribution in [0.25, 0.3) is 0 Å². The van der Waals surface area contributed by atoms with E-state index in [4.69, 9.17) is 11.1 Å². The third kappa shape index (κ3) is 9.45. The first-order valence-electron chi connectivity index (χ1n) is 8.05. The van der Waals surface area contributed by atoms with E-state index in [0.717, 1.165) is 6.42 Å². The molecule has 0 aliphatic heterocycles. The maximum absolute atomic E-state index is 6.98. The molecular weight excluding hydrogens is 292 g/mol. The summed E-state index contributed by atoms with van der Waals surface area (Å²) < 4.78 is 0. The standard InChI is InChI=1S/C17H28N4S/c1-2-3-4-5-6-7-14-22-16-10-8-15(9-11-16)12-13-20-21-17(18)19/h8-11,13H,2-7,12,14H2,1H3,(H4,18,19,21). The normalized spacial score (nSPS) is 11.0. The highest BCUT2D eigenvalue weighted by atomic mass is 32.2. The average Bonchev–Trinajstić information content (AvgIpc) is 2.52. The summed E-state index contributed by atoms with van der Waals surface area (Å²) in [5, 5.41) is 10.8. The largest absolute Gasteiger partial charge is 0.369 e. The van der Waals surface area contributed by atoms with E-state index in [-0.39, 0.29) is 5.96 Å². The number of rotatable bonds is 11. The number of hydrazone groups is 1. The van der Waals surface area contributed by atoms with Crippen molar-refractivity contribution in [3.8, 4) is 0 Å². The monoisotopic (exact) mass is 320 g/mol. The van der Waals surface area contributed by atoms with Crippen molar-refractivity contribution in [2.75, 3.05) is 5.75 Å². The van der Waals surface area contributed by atoms with Gasteiger partial charge in [-0.15, -0.1) is 11.8 Å². The second-order valence-electron chi connectivity index (χ2n) is 5.30. The molecule has 4 N–H and O–H groups in total. The average molecular weight is 321 g/mol. The molecule has 0 aliphatic carbocycles. The number of nitrogens with two attached hydrogens (primary N) is 1. The van der Waals surface area contributed by atoms with Crippen molar-refractivity contribution in [1.29, 1.82) is 5.41 Å². The first-order chi connectivity index (χ1) is 10.7. The highest BCUT2D eigenvalue weighted by molar-refractivity contribution is 7.99. The molecule has 0 bridgehead atoms. The van der Waals surface area contributed by atoms with Crippen molar-refractivity contribution in [2.45, 2.75) is 56.8 Å². The third-order valence-electron chi connectivity index (χ3n) is 3.29. The van der Waals surface area contributed by atoms with Crippen LogP contribution in [-0.4, -0.2) is 17.9 Å². The first kappa shape index (κ1) is 18.6. The zero-order valence-electron chi connectivity index (χ0n) is 13.5. The number of nitrogens with one attached hydrogen (secondary N) is 2. The van der Waals surface area contributed by atoms with Crippen LogP contribution in [0.15, 0.2) is 34.3 Å².